The molecule has 1 aliphatic rings. The molecule has 0 unspecified atom stereocenters. The van der Waals surface area contributed by atoms with Crippen molar-refractivity contribution in [3.8, 4) is 0 Å². The van der Waals surface area contributed by atoms with Gasteiger partial charge in [-0.2, -0.15) is 0 Å². The third-order valence-electron chi connectivity index (χ3n) is 2.56. The van der Waals surface area contributed by atoms with E-state index in [2.05, 4.69) is 15.3 Å². The Morgan fingerprint density at radius 3 is 2.62 bits per heavy atom. The Hall–Kier alpha value is -0.960. The molecule has 1 saturated carbocycles. The Balaban J connectivity index is 1.79. The normalized spacial score (nSPS) is 17.8. The summed E-state index contributed by atoms with van der Waals surface area (Å²) >= 11 is 0. The predicted molar refractivity (Wildman–Crippen MR) is 51.1 cm³/mol. The van der Waals surface area contributed by atoms with Crippen LogP contribution in [0.5, 0.6) is 0 Å². The zero-order valence-corrected chi connectivity index (χ0v) is 7.74. The van der Waals surface area contributed by atoms with Crippen molar-refractivity contribution in [1.29, 1.82) is 0 Å². The first-order valence-corrected chi connectivity index (χ1v) is 4.92. The van der Waals surface area contributed by atoms with Crippen LogP contribution in [0.1, 0.15) is 31.2 Å². The lowest BCUT2D eigenvalue weighted by molar-refractivity contribution is 0.523. The first-order chi connectivity index (χ1) is 6.45. The van der Waals surface area contributed by atoms with E-state index in [4.69, 9.17) is 0 Å². The second-order valence-electron chi connectivity index (χ2n) is 3.61. The lowest BCUT2D eigenvalue weighted by atomic mass is 10.2. The molecular weight excluding hydrogens is 162 g/mol. The largest absolute Gasteiger partial charge is 0.310 e. The van der Waals surface area contributed by atoms with E-state index in [-0.39, 0.29) is 0 Å². The van der Waals surface area contributed by atoms with Crippen molar-refractivity contribution in [2.24, 2.45) is 0 Å². The summed E-state index contributed by atoms with van der Waals surface area (Å²) in [5, 5.41) is 3.52. The number of rotatable bonds is 3. The molecule has 3 nitrogen and oxygen atoms in total. The van der Waals surface area contributed by atoms with Gasteiger partial charge in [0.2, 0.25) is 0 Å². The van der Waals surface area contributed by atoms with Crippen LogP contribution in [0.3, 0.4) is 0 Å². The van der Waals surface area contributed by atoms with Gasteiger partial charge in [0.25, 0.3) is 0 Å². The van der Waals surface area contributed by atoms with Crippen molar-refractivity contribution in [3.05, 3.63) is 24.3 Å². The highest BCUT2D eigenvalue weighted by atomic mass is 14.9. The molecule has 0 radical (unpaired) electrons. The van der Waals surface area contributed by atoms with Crippen molar-refractivity contribution in [1.82, 2.24) is 15.3 Å². The van der Waals surface area contributed by atoms with Gasteiger partial charge >= 0.3 is 0 Å². The zero-order chi connectivity index (χ0) is 8.93. The van der Waals surface area contributed by atoms with E-state index in [0.29, 0.717) is 0 Å². The van der Waals surface area contributed by atoms with Gasteiger partial charge < -0.3 is 5.32 Å². The third kappa shape index (κ3) is 2.49. The molecule has 0 aromatic carbocycles. The molecule has 1 N–H and O–H groups in total. The van der Waals surface area contributed by atoms with Crippen molar-refractivity contribution in [3.63, 3.8) is 0 Å². The van der Waals surface area contributed by atoms with Gasteiger partial charge in [-0.05, 0) is 12.8 Å². The quantitative estimate of drug-likeness (QED) is 0.760. The van der Waals surface area contributed by atoms with Crippen LogP contribution in [0.25, 0.3) is 0 Å². The van der Waals surface area contributed by atoms with E-state index < -0.39 is 0 Å². The van der Waals surface area contributed by atoms with Gasteiger partial charge in [-0.1, -0.05) is 12.8 Å². The molecular formula is C10H15N3. The fraction of sp³-hybridized carbons (Fsp3) is 0.600. The Bertz CT molecular complexity index is 242. The Labute approximate surface area is 78.6 Å². The SMILES string of the molecule is c1ncc(CNC2CCCC2)cn1. The highest BCUT2D eigenvalue weighted by Gasteiger charge is 2.13. The molecule has 1 aromatic rings. The van der Waals surface area contributed by atoms with Gasteiger partial charge in [0, 0.05) is 30.5 Å². The Kier molecular flexibility index (Phi) is 2.87. The summed E-state index contributed by atoms with van der Waals surface area (Å²) in [4.78, 5) is 7.96. The minimum absolute atomic E-state index is 0.722. The van der Waals surface area contributed by atoms with E-state index in [1.165, 1.54) is 31.2 Å². The highest BCUT2D eigenvalue weighted by molar-refractivity contribution is 5.01. The summed E-state index contributed by atoms with van der Waals surface area (Å²) in [6.07, 6.45) is 10.7. The molecule has 1 aliphatic carbocycles. The standard InChI is InChI=1S/C10H15N3/c1-2-4-10(3-1)13-7-9-5-11-8-12-6-9/h5-6,8,10,13H,1-4,7H2. The minimum atomic E-state index is 0.722. The molecule has 0 aliphatic heterocycles. The molecule has 1 aromatic heterocycles. The van der Waals surface area contributed by atoms with Crippen molar-refractivity contribution >= 4 is 0 Å². The topological polar surface area (TPSA) is 37.8 Å². The molecule has 1 heterocycles. The summed E-state index contributed by atoms with van der Waals surface area (Å²) in [5.74, 6) is 0. The second-order valence-corrected chi connectivity index (χ2v) is 3.61. The highest BCUT2D eigenvalue weighted by Crippen LogP contribution is 2.17. The molecule has 0 amide bonds. The molecule has 0 bridgehead atoms. The molecule has 2 rings (SSSR count). The molecule has 3 heteroatoms. The van der Waals surface area contributed by atoms with Crippen LogP contribution >= 0.6 is 0 Å². The van der Waals surface area contributed by atoms with Crippen LogP contribution in [-0.2, 0) is 6.54 Å². The van der Waals surface area contributed by atoms with Gasteiger partial charge in [-0.3, -0.25) is 0 Å². The molecule has 13 heavy (non-hydrogen) atoms. The maximum atomic E-state index is 3.98. The van der Waals surface area contributed by atoms with E-state index >= 15 is 0 Å². The van der Waals surface area contributed by atoms with E-state index in [0.717, 1.165) is 12.6 Å². The van der Waals surface area contributed by atoms with E-state index in [1.807, 2.05) is 12.4 Å². The summed E-state index contributed by atoms with van der Waals surface area (Å²) < 4.78 is 0. The summed E-state index contributed by atoms with van der Waals surface area (Å²) in [6, 6.07) is 0.722. The lowest BCUT2D eigenvalue weighted by Gasteiger charge is -2.10. The number of aromatic nitrogens is 2. The summed E-state index contributed by atoms with van der Waals surface area (Å²) in [7, 11) is 0. The fourth-order valence-electron chi connectivity index (χ4n) is 1.81. The van der Waals surface area contributed by atoms with E-state index in [9.17, 15) is 0 Å². The minimum Gasteiger partial charge on any atom is -0.310 e. The van der Waals surface area contributed by atoms with Crippen LogP contribution in [0.15, 0.2) is 18.7 Å². The first kappa shape index (κ1) is 8.63. The number of hydrogen-bond donors (Lipinski definition) is 1. The Morgan fingerprint density at radius 2 is 1.92 bits per heavy atom. The Morgan fingerprint density at radius 1 is 1.23 bits per heavy atom. The van der Waals surface area contributed by atoms with Crippen LogP contribution in [0.4, 0.5) is 0 Å². The predicted octanol–water partition coefficient (Wildman–Crippen LogP) is 1.51. The second kappa shape index (κ2) is 4.33. The van der Waals surface area contributed by atoms with Gasteiger partial charge in [0.05, 0.1) is 0 Å². The fourth-order valence-corrected chi connectivity index (χ4v) is 1.81. The molecule has 70 valence electrons. The monoisotopic (exact) mass is 177 g/mol. The number of nitrogens with one attached hydrogen (secondary N) is 1. The van der Waals surface area contributed by atoms with Crippen molar-refractivity contribution < 1.29 is 0 Å². The van der Waals surface area contributed by atoms with Gasteiger partial charge in [-0.15, -0.1) is 0 Å². The molecule has 0 atom stereocenters. The van der Waals surface area contributed by atoms with Gasteiger partial charge in [0.15, 0.2) is 0 Å². The van der Waals surface area contributed by atoms with Crippen LogP contribution in [0, 0.1) is 0 Å². The number of nitrogens with zero attached hydrogens (tertiary/aromatic N) is 2. The first-order valence-electron chi connectivity index (χ1n) is 4.92. The zero-order valence-electron chi connectivity index (χ0n) is 7.74. The summed E-state index contributed by atoms with van der Waals surface area (Å²) in [6.45, 7) is 0.908. The summed E-state index contributed by atoms with van der Waals surface area (Å²) in [5.41, 5.74) is 1.18. The third-order valence-corrected chi connectivity index (χ3v) is 2.56. The van der Waals surface area contributed by atoms with Crippen LogP contribution < -0.4 is 5.32 Å². The van der Waals surface area contributed by atoms with Crippen molar-refractivity contribution in [2.75, 3.05) is 0 Å². The van der Waals surface area contributed by atoms with Crippen molar-refractivity contribution in [2.45, 2.75) is 38.3 Å². The lowest BCUT2D eigenvalue weighted by Crippen LogP contribution is -2.25. The van der Waals surface area contributed by atoms with Crippen LogP contribution in [0.2, 0.25) is 0 Å². The average Bonchev–Trinajstić information content (AvgIpc) is 2.69. The van der Waals surface area contributed by atoms with E-state index in [1.54, 1.807) is 6.33 Å². The average molecular weight is 177 g/mol. The maximum absolute atomic E-state index is 3.98. The van der Waals surface area contributed by atoms with Gasteiger partial charge in [-0.25, -0.2) is 9.97 Å². The number of hydrogen-bond acceptors (Lipinski definition) is 3. The van der Waals surface area contributed by atoms with Crippen LogP contribution in [-0.4, -0.2) is 16.0 Å². The molecule has 0 saturated heterocycles. The molecule has 0 spiro atoms. The smallest absolute Gasteiger partial charge is 0.115 e. The maximum Gasteiger partial charge on any atom is 0.115 e. The van der Waals surface area contributed by atoms with Gasteiger partial charge in [0.1, 0.15) is 6.33 Å². The molecule has 1 fully saturated rings.